The quantitative estimate of drug-likeness (QED) is 0.791. The van der Waals surface area contributed by atoms with E-state index in [0.29, 0.717) is 10.9 Å². The third kappa shape index (κ3) is 3.10. The predicted octanol–water partition coefficient (Wildman–Crippen LogP) is 1.37. The molecule has 0 bridgehead atoms. The van der Waals surface area contributed by atoms with Crippen molar-refractivity contribution in [3.05, 3.63) is 46.2 Å². The molecule has 1 aromatic carbocycles. The lowest BCUT2D eigenvalue weighted by Crippen LogP contribution is -2.40. The molecule has 2 aromatic rings. The normalized spacial score (nSPS) is 13.6. The van der Waals surface area contributed by atoms with Crippen LogP contribution in [0.2, 0.25) is 0 Å². The Kier molecular flexibility index (Phi) is 4.07. The second-order valence-corrected chi connectivity index (χ2v) is 4.98. The number of carbonyl (C=O) groups excluding carboxylic acids is 1. The average molecular weight is 288 g/mol. The van der Waals surface area contributed by atoms with Crippen LogP contribution in [0.25, 0.3) is 10.9 Å². The molecule has 6 heteroatoms. The highest BCUT2D eigenvalue weighted by Gasteiger charge is 2.22. The van der Waals surface area contributed by atoms with Gasteiger partial charge in [0.25, 0.3) is 5.91 Å². The van der Waals surface area contributed by atoms with Crippen LogP contribution in [-0.4, -0.2) is 28.0 Å². The summed E-state index contributed by atoms with van der Waals surface area (Å²) in [6, 6.07) is 7.63. The summed E-state index contributed by atoms with van der Waals surface area (Å²) in [5.74, 6) is -2.17. The van der Waals surface area contributed by atoms with Gasteiger partial charge in [-0.15, -0.1) is 0 Å². The van der Waals surface area contributed by atoms with Crippen molar-refractivity contribution < 1.29 is 14.7 Å². The second-order valence-electron chi connectivity index (χ2n) is 4.98. The van der Waals surface area contributed by atoms with Gasteiger partial charge in [0, 0.05) is 23.0 Å². The number of nitrogens with one attached hydrogen (secondary N) is 2. The average Bonchev–Trinajstić information content (AvgIpc) is 2.45. The molecular weight excluding hydrogens is 272 g/mol. The zero-order valence-corrected chi connectivity index (χ0v) is 11.7. The van der Waals surface area contributed by atoms with Gasteiger partial charge >= 0.3 is 5.97 Å². The maximum atomic E-state index is 12.3. The topological polar surface area (TPSA) is 99.3 Å². The van der Waals surface area contributed by atoms with Crippen molar-refractivity contribution in [1.29, 1.82) is 0 Å². The molecule has 110 valence electrons. The minimum atomic E-state index is -0.987. The van der Waals surface area contributed by atoms with Crippen LogP contribution in [0.4, 0.5) is 0 Å². The maximum Gasteiger partial charge on any atom is 0.308 e. The van der Waals surface area contributed by atoms with E-state index >= 15 is 0 Å². The fourth-order valence-corrected chi connectivity index (χ4v) is 2.02. The van der Waals surface area contributed by atoms with Crippen molar-refractivity contribution >= 4 is 22.8 Å². The molecule has 0 aliphatic rings. The minimum absolute atomic E-state index is 0.235. The zero-order valence-electron chi connectivity index (χ0n) is 11.7. The monoisotopic (exact) mass is 288 g/mol. The molecule has 1 amide bonds. The molecule has 0 aliphatic heterocycles. The largest absolute Gasteiger partial charge is 0.481 e. The lowest BCUT2D eigenvalue weighted by Gasteiger charge is -2.18. The Morgan fingerprint density at radius 1 is 1.24 bits per heavy atom. The van der Waals surface area contributed by atoms with Crippen LogP contribution >= 0.6 is 0 Å². The first-order valence-electron chi connectivity index (χ1n) is 6.56. The van der Waals surface area contributed by atoms with Crippen molar-refractivity contribution in [2.24, 2.45) is 5.92 Å². The number of H-pyrrole nitrogens is 1. The third-order valence-corrected chi connectivity index (χ3v) is 3.49. The molecule has 2 unspecified atom stereocenters. The molecule has 2 rings (SSSR count). The second kappa shape index (κ2) is 5.78. The molecule has 1 heterocycles. The van der Waals surface area contributed by atoms with E-state index in [-0.39, 0.29) is 11.1 Å². The molecule has 0 fully saturated rings. The van der Waals surface area contributed by atoms with Crippen LogP contribution < -0.4 is 10.9 Å². The van der Waals surface area contributed by atoms with Gasteiger partial charge in [0.15, 0.2) is 0 Å². The molecule has 0 radical (unpaired) electrons. The smallest absolute Gasteiger partial charge is 0.308 e. The van der Waals surface area contributed by atoms with Crippen LogP contribution in [0.5, 0.6) is 0 Å². The summed E-state index contributed by atoms with van der Waals surface area (Å²) in [6.45, 7) is 3.13. The molecular formula is C15H16N2O4. The molecule has 0 saturated carbocycles. The fraction of sp³-hybridized carbons (Fsp3) is 0.267. The van der Waals surface area contributed by atoms with Crippen LogP contribution in [0, 0.1) is 5.92 Å². The molecule has 1 aromatic heterocycles. The van der Waals surface area contributed by atoms with Crippen LogP contribution in [0.15, 0.2) is 35.1 Å². The summed E-state index contributed by atoms with van der Waals surface area (Å²) in [5, 5.41) is 12.2. The van der Waals surface area contributed by atoms with Crippen molar-refractivity contribution in [3.8, 4) is 0 Å². The summed E-state index contributed by atoms with van der Waals surface area (Å²) in [4.78, 5) is 37.5. The summed E-state index contributed by atoms with van der Waals surface area (Å²) >= 11 is 0. The molecule has 0 saturated heterocycles. The van der Waals surface area contributed by atoms with Crippen molar-refractivity contribution in [2.75, 3.05) is 0 Å². The number of fused-ring (bicyclic) bond motifs is 1. The van der Waals surface area contributed by atoms with Gasteiger partial charge in [-0.3, -0.25) is 14.4 Å². The summed E-state index contributed by atoms with van der Waals surface area (Å²) in [5.41, 5.74) is 0.422. The number of pyridine rings is 1. The van der Waals surface area contributed by atoms with Gasteiger partial charge in [0.2, 0.25) is 5.56 Å². The number of hydrogen-bond donors (Lipinski definition) is 3. The Labute approximate surface area is 120 Å². The summed E-state index contributed by atoms with van der Waals surface area (Å²) in [6.07, 6.45) is 0. The highest BCUT2D eigenvalue weighted by molar-refractivity contribution is 6.06. The standard InChI is InChI=1S/C15H16N2O4/c1-8(15(20)21)9(2)16-14(19)11-7-13(18)17-12-6-4-3-5-10(11)12/h3-9H,1-2H3,(H,16,19)(H,17,18)(H,20,21). The number of aliphatic carboxylic acids is 1. The zero-order chi connectivity index (χ0) is 15.6. The first kappa shape index (κ1) is 14.8. The summed E-state index contributed by atoms with van der Waals surface area (Å²) < 4.78 is 0. The number of carboxylic acid groups (broad SMARTS) is 1. The fourth-order valence-electron chi connectivity index (χ4n) is 2.02. The molecule has 0 aliphatic carbocycles. The van der Waals surface area contributed by atoms with Gasteiger partial charge in [0.05, 0.1) is 11.5 Å². The van der Waals surface area contributed by atoms with Crippen molar-refractivity contribution in [1.82, 2.24) is 10.3 Å². The van der Waals surface area contributed by atoms with Crippen LogP contribution in [0.3, 0.4) is 0 Å². The van der Waals surface area contributed by atoms with E-state index in [1.807, 2.05) is 0 Å². The third-order valence-electron chi connectivity index (χ3n) is 3.49. The molecule has 2 atom stereocenters. The van der Waals surface area contributed by atoms with Crippen LogP contribution in [0.1, 0.15) is 24.2 Å². The first-order valence-corrected chi connectivity index (χ1v) is 6.56. The van der Waals surface area contributed by atoms with Crippen molar-refractivity contribution in [3.63, 3.8) is 0 Å². The highest BCUT2D eigenvalue weighted by atomic mass is 16.4. The number of benzene rings is 1. The number of para-hydroxylation sites is 1. The Morgan fingerprint density at radius 3 is 2.57 bits per heavy atom. The minimum Gasteiger partial charge on any atom is -0.481 e. The Balaban J connectivity index is 2.36. The number of carbonyl (C=O) groups is 2. The number of carboxylic acids is 1. The van der Waals surface area contributed by atoms with E-state index in [1.54, 1.807) is 31.2 Å². The number of aromatic nitrogens is 1. The van der Waals surface area contributed by atoms with E-state index in [4.69, 9.17) is 5.11 Å². The SMILES string of the molecule is CC(NC(=O)c1cc(=O)[nH]c2ccccc12)C(C)C(=O)O. The number of rotatable bonds is 4. The first-order chi connectivity index (χ1) is 9.90. The summed E-state index contributed by atoms with van der Waals surface area (Å²) in [7, 11) is 0. The number of aromatic amines is 1. The van der Waals surface area contributed by atoms with E-state index in [2.05, 4.69) is 10.3 Å². The van der Waals surface area contributed by atoms with Crippen LogP contribution in [-0.2, 0) is 4.79 Å². The number of amides is 1. The lowest BCUT2D eigenvalue weighted by atomic mass is 10.0. The lowest BCUT2D eigenvalue weighted by molar-refractivity contribution is -0.141. The molecule has 0 spiro atoms. The molecule has 21 heavy (non-hydrogen) atoms. The Morgan fingerprint density at radius 2 is 1.90 bits per heavy atom. The number of hydrogen-bond acceptors (Lipinski definition) is 3. The van der Waals surface area contributed by atoms with Gasteiger partial charge in [0.1, 0.15) is 0 Å². The highest BCUT2D eigenvalue weighted by Crippen LogP contribution is 2.15. The van der Waals surface area contributed by atoms with Crippen molar-refractivity contribution in [2.45, 2.75) is 19.9 Å². The van der Waals surface area contributed by atoms with E-state index in [0.717, 1.165) is 0 Å². The van der Waals surface area contributed by atoms with E-state index in [9.17, 15) is 14.4 Å². The van der Waals surface area contributed by atoms with E-state index in [1.165, 1.54) is 13.0 Å². The molecule has 6 nitrogen and oxygen atoms in total. The van der Waals surface area contributed by atoms with Gasteiger partial charge in [-0.2, -0.15) is 0 Å². The van der Waals surface area contributed by atoms with Gasteiger partial charge in [-0.1, -0.05) is 18.2 Å². The molecule has 3 N–H and O–H groups in total. The predicted molar refractivity (Wildman–Crippen MR) is 78.3 cm³/mol. The van der Waals surface area contributed by atoms with Gasteiger partial charge < -0.3 is 15.4 Å². The Hall–Kier alpha value is -2.63. The van der Waals surface area contributed by atoms with Gasteiger partial charge in [-0.05, 0) is 19.9 Å². The maximum absolute atomic E-state index is 12.3. The van der Waals surface area contributed by atoms with Gasteiger partial charge in [-0.25, -0.2) is 0 Å². The Bertz CT molecular complexity index is 751. The van der Waals surface area contributed by atoms with E-state index < -0.39 is 23.8 Å².